The molecule has 1 aromatic heterocycles. The van der Waals surface area contributed by atoms with Crippen LogP contribution in [0.1, 0.15) is 21.6 Å². The Balaban J connectivity index is 1.76. The van der Waals surface area contributed by atoms with Gasteiger partial charge in [-0.05, 0) is 31.2 Å². The van der Waals surface area contributed by atoms with Crippen LogP contribution in [-0.2, 0) is 6.54 Å². The van der Waals surface area contributed by atoms with Gasteiger partial charge in [0.1, 0.15) is 11.6 Å². The van der Waals surface area contributed by atoms with Gasteiger partial charge in [0.25, 0.3) is 0 Å². The molecule has 7 heteroatoms. The molecule has 0 saturated heterocycles. The molecular weight excluding hydrogens is 344 g/mol. The number of carbonyl (C=O) groups is 1. The van der Waals surface area contributed by atoms with Gasteiger partial charge in [0, 0.05) is 29.6 Å². The van der Waals surface area contributed by atoms with Gasteiger partial charge in [-0.2, -0.15) is 4.98 Å². The lowest BCUT2D eigenvalue weighted by atomic mass is 10.2. The lowest BCUT2D eigenvalue weighted by molar-refractivity contribution is 0.0697. The van der Waals surface area contributed by atoms with Gasteiger partial charge in [-0.1, -0.05) is 24.3 Å². The molecule has 2 aromatic carbocycles. The Hall–Kier alpha value is -3.61. The van der Waals surface area contributed by atoms with Crippen LogP contribution in [0, 0.1) is 6.92 Å². The summed E-state index contributed by atoms with van der Waals surface area (Å²) >= 11 is 0. The average molecular weight is 364 g/mol. The molecular formula is C20H20N4O3. The first kappa shape index (κ1) is 18.2. The van der Waals surface area contributed by atoms with Crippen molar-refractivity contribution in [2.45, 2.75) is 13.5 Å². The van der Waals surface area contributed by atoms with Gasteiger partial charge in [-0.15, -0.1) is 0 Å². The van der Waals surface area contributed by atoms with Crippen LogP contribution in [0.5, 0.6) is 5.75 Å². The van der Waals surface area contributed by atoms with Crippen LogP contribution in [0.15, 0.2) is 54.6 Å². The maximum Gasteiger partial charge on any atom is 0.335 e. The summed E-state index contributed by atoms with van der Waals surface area (Å²) in [6.07, 6.45) is 0. The summed E-state index contributed by atoms with van der Waals surface area (Å²) in [7, 11) is 1.63. The maximum atomic E-state index is 11.1. The van der Waals surface area contributed by atoms with E-state index in [1.807, 2.05) is 31.2 Å². The van der Waals surface area contributed by atoms with Crippen molar-refractivity contribution in [3.8, 4) is 5.75 Å². The van der Waals surface area contributed by atoms with E-state index >= 15 is 0 Å². The summed E-state index contributed by atoms with van der Waals surface area (Å²) in [5.74, 6) is 0.864. The highest BCUT2D eigenvalue weighted by molar-refractivity contribution is 5.89. The predicted octanol–water partition coefficient (Wildman–Crippen LogP) is 3.85. The number of hydrogen-bond acceptors (Lipinski definition) is 6. The number of carboxylic acid groups (broad SMARTS) is 1. The monoisotopic (exact) mass is 364 g/mol. The van der Waals surface area contributed by atoms with E-state index < -0.39 is 5.97 Å². The standard InChI is InChI=1S/C20H20N4O3/c1-13-10-18(23-16-8-5-7-14(11-16)19(25)26)24-20(22-13)21-12-15-6-3-4-9-17(15)27-2/h3-11H,12H2,1-2H3,(H,25,26)(H2,21,22,23,24). The zero-order chi connectivity index (χ0) is 19.2. The van der Waals surface area contributed by atoms with Crippen molar-refractivity contribution in [1.29, 1.82) is 0 Å². The normalized spacial score (nSPS) is 10.3. The van der Waals surface area contributed by atoms with Gasteiger partial charge >= 0.3 is 5.97 Å². The van der Waals surface area contributed by atoms with Crippen LogP contribution >= 0.6 is 0 Å². The highest BCUT2D eigenvalue weighted by atomic mass is 16.5. The number of nitrogens with one attached hydrogen (secondary N) is 2. The fourth-order valence-corrected chi connectivity index (χ4v) is 2.61. The second kappa shape index (κ2) is 8.18. The number of anilines is 3. The summed E-state index contributed by atoms with van der Waals surface area (Å²) in [5.41, 5.74) is 2.63. The summed E-state index contributed by atoms with van der Waals surface area (Å²) in [6.45, 7) is 2.39. The molecule has 0 aliphatic rings. The molecule has 7 nitrogen and oxygen atoms in total. The minimum absolute atomic E-state index is 0.209. The van der Waals surface area contributed by atoms with Crippen molar-refractivity contribution in [3.63, 3.8) is 0 Å². The third kappa shape index (κ3) is 4.72. The van der Waals surface area contributed by atoms with E-state index in [0.717, 1.165) is 17.0 Å². The van der Waals surface area contributed by atoms with Crippen molar-refractivity contribution in [3.05, 3.63) is 71.4 Å². The van der Waals surface area contributed by atoms with E-state index in [-0.39, 0.29) is 5.56 Å². The zero-order valence-corrected chi connectivity index (χ0v) is 15.1. The Morgan fingerprint density at radius 3 is 2.70 bits per heavy atom. The highest BCUT2D eigenvalue weighted by Gasteiger charge is 2.07. The molecule has 3 rings (SSSR count). The highest BCUT2D eigenvalue weighted by Crippen LogP contribution is 2.20. The third-order valence-electron chi connectivity index (χ3n) is 3.87. The van der Waals surface area contributed by atoms with E-state index in [1.165, 1.54) is 0 Å². The van der Waals surface area contributed by atoms with Gasteiger partial charge in [-0.25, -0.2) is 9.78 Å². The third-order valence-corrected chi connectivity index (χ3v) is 3.87. The van der Waals surface area contributed by atoms with E-state index in [1.54, 1.807) is 37.4 Å². The van der Waals surface area contributed by atoms with Crippen molar-refractivity contribution in [1.82, 2.24) is 9.97 Å². The second-order valence-corrected chi connectivity index (χ2v) is 5.89. The molecule has 138 valence electrons. The topological polar surface area (TPSA) is 96.4 Å². The molecule has 0 atom stereocenters. The molecule has 0 bridgehead atoms. The molecule has 0 aliphatic heterocycles. The minimum Gasteiger partial charge on any atom is -0.496 e. The number of ether oxygens (including phenoxy) is 1. The number of methoxy groups -OCH3 is 1. The Kier molecular flexibility index (Phi) is 5.51. The molecule has 0 unspecified atom stereocenters. The van der Waals surface area contributed by atoms with E-state index in [2.05, 4.69) is 20.6 Å². The van der Waals surface area contributed by atoms with Crippen molar-refractivity contribution >= 4 is 23.4 Å². The predicted molar refractivity (Wildman–Crippen MR) is 104 cm³/mol. The van der Waals surface area contributed by atoms with Crippen LogP contribution in [0.25, 0.3) is 0 Å². The van der Waals surface area contributed by atoms with Gasteiger partial charge in [-0.3, -0.25) is 0 Å². The molecule has 1 heterocycles. The van der Waals surface area contributed by atoms with E-state index in [9.17, 15) is 4.79 Å². The van der Waals surface area contributed by atoms with Gasteiger partial charge in [0.15, 0.2) is 0 Å². The maximum absolute atomic E-state index is 11.1. The number of benzene rings is 2. The first-order valence-corrected chi connectivity index (χ1v) is 8.37. The molecule has 3 aromatic rings. The zero-order valence-electron chi connectivity index (χ0n) is 15.1. The molecule has 0 amide bonds. The molecule has 3 N–H and O–H groups in total. The Morgan fingerprint density at radius 1 is 1.11 bits per heavy atom. The first-order chi connectivity index (χ1) is 13.0. The number of aromatic carboxylic acids is 1. The van der Waals surface area contributed by atoms with Crippen LogP contribution < -0.4 is 15.4 Å². The Morgan fingerprint density at radius 2 is 1.93 bits per heavy atom. The lowest BCUT2D eigenvalue weighted by Gasteiger charge is -2.12. The van der Waals surface area contributed by atoms with Crippen molar-refractivity contribution in [2.24, 2.45) is 0 Å². The molecule has 0 aliphatic carbocycles. The Labute approximate surface area is 157 Å². The molecule has 27 heavy (non-hydrogen) atoms. The summed E-state index contributed by atoms with van der Waals surface area (Å²) in [4.78, 5) is 20.0. The number of aromatic nitrogens is 2. The van der Waals surface area contributed by atoms with E-state index in [0.29, 0.717) is 24.0 Å². The first-order valence-electron chi connectivity index (χ1n) is 8.37. The smallest absolute Gasteiger partial charge is 0.335 e. The van der Waals surface area contributed by atoms with Gasteiger partial charge in [0.2, 0.25) is 5.95 Å². The van der Waals surface area contributed by atoms with Crippen LogP contribution in [0.4, 0.5) is 17.5 Å². The summed E-state index contributed by atoms with van der Waals surface area (Å²) in [5, 5.41) is 15.4. The number of carboxylic acids is 1. The quantitative estimate of drug-likeness (QED) is 0.586. The lowest BCUT2D eigenvalue weighted by Crippen LogP contribution is -2.07. The van der Waals surface area contributed by atoms with Crippen molar-refractivity contribution in [2.75, 3.05) is 17.7 Å². The SMILES string of the molecule is COc1ccccc1CNc1nc(C)cc(Nc2cccc(C(=O)O)c2)n1. The van der Waals surface area contributed by atoms with Crippen LogP contribution in [0.2, 0.25) is 0 Å². The van der Waals surface area contributed by atoms with Crippen LogP contribution in [-0.4, -0.2) is 28.2 Å². The molecule has 0 spiro atoms. The fraction of sp³-hybridized carbons (Fsp3) is 0.150. The fourth-order valence-electron chi connectivity index (χ4n) is 2.61. The molecule has 0 fully saturated rings. The number of aryl methyl sites for hydroxylation is 1. The summed E-state index contributed by atoms with van der Waals surface area (Å²) < 4.78 is 5.35. The molecule has 0 radical (unpaired) electrons. The largest absolute Gasteiger partial charge is 0.496 e. The molecule has 0 saturated carbocycles. The number of nitrogens with zero attached hydrogens (tertiary/aromatic N) is 2. The van der Waals surface area contributed by atoms with Crippen molar-refractivity contribution < 1.29 is 14.6 Å². The van der Waals surface area contributed by atoms with Crippen LogP contribution in [0.3, 0.4) is 0 Å². The number of hydrogen-bond donors (Lipinski definition) is 3. The van der Waals surface area contributed by atoms with Gasteiger partial charge in [0.05, 0.1) is 12.7 Å². The van der Waals surface area contributed by atoms with Gasteiger partial charge < -0.3 is 20.5 Å². The number of para-hydroxylation sites is 1. The number of rotatable bonds is 7. The Bertz CT molecular complexity index is 959. The minimum atomic E-state index is -0.975. The second-order valence-electron chi connectivity index (χ2n) is 5.89. The average Bonchev–Trinajstić information content (AvgIpc) is 2.66. The summed E-state index contributed by atoms with van der Waals surface area (Å²) in [6, 6.07) is 16.1. The van der Waals surface area contributed by atoms with E-state index in [4.69, 9.17) is 9.84 Å².